The summed E-state index contributed by atoms with van der Waals surface area (Å²) in [4.78, 5) is 2.39. The predicted molar refractivity (Wildman–Crippen MR) is 72.5 cm³/mol. The highest BCUT2D eigenvalue weighted by Gasteiger charge is 2.55. The zero-order chi connectivity index (χ0) is 12.0. The number of nitrogens with one attached hydrogen (secondary N) is 1. The number of rotatable bonds is 1. The molecule has 0 spiro atoms. The predicted octanol–water partition coefficient (Wildman–Crippen LogP) is 2.64. The molecule has 16 heavy (non-hydrogen) atoms. The van der Waals surface area contributed by atoms with Crippen molar-refractivity contribution in [1.82, 2.24) is 10.2 Å². The molecule has 1 aliphatic heterocycles. The van der Waals surface area contributed by atoms with Gasteiger partial charge in [0.05, 0.1) is 0 Å². The Morgan fingerprint density at radius 1 is 1.44 bits per heavy atom. The van der Waals surface area contributed by atoms with Crippen LogP contribution in [0.4, 0.5) is 0 Å². The molecular weight excluding hydrogens is 216 g/mol. The van der Waals surface area contributed by atoms with Crippen LogP contribution in [0.25, 0.3) is 0 Å². The van der Waals surface area contributed by atoms with Crippen LogP contribution in [0, 0.1) is 16.7 Å². The van der Waals surface area contributed by atoms with Crippen molar-refractivity contribution in [3.63, 3.8) is 0 Å². The molecule has 0 aromatic rings. The van der Waals surface area contributed by atoms with Gasteiger partial charge >= 0.3 is 0 Å². The first kappa shape index (κ1) is 12.2. The Balaban J connectivity index is 2.13. The van der Waals surface area contributed by atoms with Gasteiger partial charge in [-0.1, -0.05) is 20.8 Å². The van der Waals surface area contributed by atoms with Crippen LogP contribution in [0.3, 0.4) is 0 Å². The maximum atomic E-state index is 5.45. The lowest BCUT2D eigenvalue weighted by atomic mass is 9.63. The monoisotopic (exact) mass is 240 g/mol. The lowest BCUT2D eigenvalue weighted by Crippen LogP contribution is -2.55. The van der Waals surface area contributed by atoms with Gasteiger partial charge in [-0.3, -0.25) is 0 Å². The number of hydrogen-bond acceptors (Lipinski definition) is 1. The number of hydrogen-bond donors (Lipinski definition) is 1. The molecule has 1 aliphatic carbocycles. The van der Waals surface area contributed by atoms with Crippen LogP contribution in [-0.4, -0.2) is 29.6 Å². The Bertz CT molecular complexity index is 300. The summed E-state index contributed by atoms with van der Waals surface area (Å²) in [6, 6.07) is 0. The topological polar surface area (TPSA) is 15.3 Å². The molecule has 92 valence electrons. The van der Waals surface area contributed by atoms with Crippen LogP contribution in [0.1, 0.15) is 40.5 Å². The third-order valence-corrected chi connectivity index (χ3v) is 5.62. The van der Waals surface area contributed by atoms with Crippen molar-refractivity contribution in [2.24, 2.45) is 16.7 Å². The van der Waals surface area contributed by atoms with Crippen molar-refractivity contribution >= 4 is 17.3 Å². The zero-order valence-electron chi connectivity index (χ0n) is 11.0. The van der Waals surface area contributed by atoms with E-state index in [-0.39, 0.29) is 0 Å². The van der Waals surface area contributed by atoms with Crippen molar-refractivity contribution in [3.05, 3.63) is 0 Å². The second-order valence-electron chi connectivity index (χ2n) is 6.23. The molecule has 0 aromatic carbocycles. The summed E-state index contributed by atoms with van der Waals surface area (Å²) in [5, 5.41) is 4.24. The molecule has 0 radical (unpaired) electrons. The van der Waals surface area contributed by atoms with Crippen molar-refractivity contribution in [3.8, 4) is 0 Å². The normalized spacial score (nSPS) is 36.2. The van der Waals surface area contributed by atoms with Crippen LogP contribution < -0.4 is 5.32 Å². The van der Waals surface area contributed by atoms with Gasteiger partial charge in [-0.15, -0.1) is 0 Å². The maximum Gasteiger partial charge on any atom is 0.168 e. The number of piperidine rings is 1. The SMILES string of the molecule is CCNC(=S)N1CC2CCC(C)(C1)C2(C)C. The first-order valence-electron chi connectivity index (χ1n) is 6.43. The first-order chi connectivity index (χ1) is 7.40. The van der Waals surface area contributed by atoms with Gasteiger partial charge in [-0.2, -0.15) is 0 Å². The molecule has 2 fully saturated rings. The molecule has 2 aliphatic rings. The summed E-state index contributed by atoms with van der Waals surface area (Å²) in [7, 11) is 0. The standard InChI is InChI=1S/C13H24N2S/c1-5-14-11(16)15-8-10-6-7-13(4,9-15)12(10,2)3/h10H,5-9H2,1-4H3,(H,14,16). The summed E-state index contributed by atoms with van der Waals surface area (Å²) in [5.41, 5.74) is 0.917. The van der Waals surface area contributed by atoms with Crippen molar-refractivity contribution in [2.45, 2.75) is 40.5 Å². The molecule has 1 heterocycles. The summed E-state index contributed by atoms with van der Waals surface area (Å²) >= 11 is 5.45. The Hall–Kier alpha value is -0.310. The molecule has 3 heteroatoms. The molecule has 2 bridgehead atoms. The largest absolute Gasteiger partial charge is 0.363 e. The molecular formula is C13H24N2S. The smallest absolute Gasteiger partial charge is 0.168 e. The highest BCUT2D eigenvalue weighted by Crippen LogP contribution is 2.58. The Labute approximate surface area is 105 Å². The van der Waals surface area contributed by atoms with E-state index in [1.165, 1.54) is 12.8 Å². The van der Waals surface area contributed by atoms with Crippen molar-refractivity contribution < 1.29 is 0 Å². The summed E-state index contributed by atoms with van der Waals surface area (Å²) in [5.74, 6) is 0.808. The van der Waals surface area contributed by atoms with Gasteiger partial charge in [-0.05, 0) is 48.7 Å². The number of fused-ring (bicyclic) bond motifs is 2. The fourth-order valence-electron chi connectivity index (χ4n) is 3.44. The van der Waals surface area contributed by atoms with Gasteiger partial charge < -0.3 is 10.2 Å². The van der Waals surface area contributed by atoms with Crippen LogP contribution >= 0.6 is 12.2 Å². The first-order valence-corrected chi connectivity index (χ1v) is 6.84. The van der Waals surface area contributed by atoms with E-state index in [4.69, 9.17) is 12.2 Å². The summed E-state index contributed by atoms with van der Waals surface area (Å²) in [6.07, 6.45) is 2.73. The lowest BCUT2D eigenvalue weighted by molar-refractivity contribution is 0.0109. The van der Waals surface area contributed by atoms with Crippen LogP contribution in [-0.2, 0) is 0 Å². The van der Waals surface area contributed by atoms with Crippen molar-refractivity contribution in [2.75, 3.05) is 19.6 Å². The second kappa shape index (κ2) is 3.86. The number of thiocarbonyl (C=S) groups is 1. The van der Waals surface area contributed by atoms with Gasteiger partial charge in [0.15, 0.2) is 5.11 Å². The third kappa shape index (κ3) is 1.64. The van der Waals surface area contributed by atoms with Crippen LogP contribution in [0.5, 0.6) is 0 Å². The highest BCUT2D eigenvalue weighted by atomic mass is 32.1. The van der Waals surface area contributed by atoms with Gasteiger partial charge in [0.1, 0.15) is 0 Å². The second-order valence-corrected chi connectivity index (χ2v) is 6.62. The van der Waals surface area contributed by atoms with E-state index in [0.717, 1.165) is 30.7 Å². The Kier molecular flexibility index (Phi) is 2.94. The molecule has 2 nitrogen and oxygen atoms in total. The summed E-state index contributed by atoms with van der Waals surface area (Å²) < 4.78 is 0. The molecule has 0 amide bonds. The van der Waals surface area contributed by atoms with E-state index in [2.05, 4.69) is 37.9 Å². The molecule has 1 saturated carbocycles. The average molecular weight is 240 g/mol. The summed E-state index contributed by atoms with van der Waals surface area (Å²) in [6.45, 7) is 12.6. The van der Waals surface area contributed by atoms with E-state index >= 15 is 0 Å². The van der Waals surface area contributed by atoms with Gasteiger partial charge in [-0.25, -0.2) is 0 Å². The molecule has 0 aromatic heterocycles. The Morgan fingerprint density at radius 3 is 2.69 bits per heavy atom. The third-order valence-electron chi connectivity index (χ3n) is 5.22. The molecule has 1 saturated heterocycles. The van der Waals surface area contributed by atoms with E-state index in [1.54, 1.807) is 0 Å². The molecule has 2 unspecified atom stereocenters. The van der Waals surface area contributed by atoms with E-state index in [1.807, 2.05) is 0 Å². The quantitative estimate of drug-likeness (QED) is 0.709. The van der Waals surface area contributed by atoms with Gasteiger partial charge in [0.2, 0.25) is 0 Å². The maximum absolute atomic E-state index is 5.45. The van der Waals surface area contributed by atoms with Gasteiger partial charge in [0, 0.05) is 19.6 Å². The van der Waals surface area contributed by atoms with Gasteiger partial charge in [0.25, 0.3) is 0 Å². The fourth-order valence-corrected chi connectivity index (χ4v) is 3.72. The van der Waals surface area contributed by atoms with E-state index < -0.39 is 0 Å². The fraction of sp³-hybridized carbons (Fsp3) is 0.923. The molecule has 1 N–H and O–H groups in total. The molecule has 2 atom stereocenters. The van der Waals surface area contributed by atoms with E-state index in [0.29, 0.717) is 10.8 Å². The zero-order valence-corrected chi connectivity index (χ0v) is 11.8. The van der Waals surface area contributed by atoms with Crippen LogP contribution in [0.15, 0.2) is 0 Å². The minimum atomic E-state index is 0.440. The van der Waals surface area contributed by atoms with E-state index in [9.17, 15) is 0 Å². The number of likely N-dealkylation sites (tertiary alicyclic amines) is 1. The van der Waals surface area contributed by atoms with Crippen molar-refractivity contribution in [1.29, 1.82) is 0 Å². The Morgan fingerprint density at radius 2 is 2.12 bits per heavy atom. The lowest BCUT2D eigenvalue weighted by Gasteiger charge is -2.51. The minimum absolute atomic E-state index is 0.440. The minimum Gasteiger partial charge on any atom is -0.363 e. The van der Waals surface area contributed by atoms with Crippen LogP contribution in [0.2, 0.25) is 0 Å². The number of nitrogens with zero attached hydrogens (tertiary/aromatic N) is 1. The molecule has 2 rings (SSSR count). The average Bonchev–Trinajstić information content (AvgIpc) is 2.40. The highest BCUT2D eigenvalue weighted by molar-refractivity contribution is 7.80.